The molecule has 0 saturated carbocycles. The van der Waals surface area contributed by atoms with Crippen molar-refractivity contribution >= 4 is 21.6 Å². The van der Waals surface area contributed by atoms with Crippen molar-refractivity contribution < 1.29 is 17.8 Å². The van der Waals surface area contributed by atoms with Crippen molar-refractivity contribution in [2.45, 2.75) is 18.7 Å². The zero-order chi connectivity index (χ0) is 13.9. The van der Waals surface area contributed by atoms with E-state index in [2.05, 4.69) is 11.9 Å². The lowest BCUT2D eigenvalue weighted by Crippen LogP contribution is -2.15. The molecule has 98 valence electrons. The smallest absolute Gasteiger partial charge is 0.294 e. The van der Waals surface area contributed by atoms with Crippen LogP contribution in [0.5, 0.6) is 0 Å². The fourth-order valence-corrected chi connectivity index (χ4v) is 1.80. The number of ketones is 1. The SMILES string of the molecule is C=C(Nc1cccc(S(=O)(=O)O)c1)C(C)C(C)=O. The summed E-state index contributed by atoms with van der Waals surface area (Å²) in [5, 5.41) is 2.84. The van der Waals surface area contributed by atoms with Gasteiger partial charge in [-0.05, 0) is 32.0 Å². The van der Waals surface area contributed by atoms with Crippen molar-refractivity contribution in [2.24, 2.45) is 5.92 Å². The van der Waals surface area contributed by atoms with Crippen LogP contribution in [0.15, 0.2) is 41.4 Å². The molecule has 0 radical (unpaired) electrons. The summed E-state index contributed by atoms with van der Waals surface area (Å²) < 4.78 is 30.8. The molecular weight excluding hydrogens is 254 g/mol. The van der Waals surface area contributed by atoms with Crippen LogP contribution in [0, 0.1) is 5.92 Å². The minimum atomic E-state index is -4.23. The van der Waals surface area contributed by atoms with Crippen molar-refractivity contribution in [1.29, 1.82) is 0 Å². The monoisotopic (exact) mass is 269 g/mol. The van der Waals surface area contributed by atoms with Crippen LogP contribution >= 0.6 is 0 Å². The zero-order valence-corrected chi connectivity index (χ0v) is 11.0. The molecule has 0 aliphatic carbocycles. The molecule has 5 nitrogen and oxygen atoms in total. The Kier molecular flexibility index (Phi) is 4.26. The highest BCUT2D eigenvalue weighted by Crippen LogP contribution is 2.19. The Morgan fingerprint density at radius 1 is 1.44 bits per heavy atom. The number of carbonyl (C=O) groups is 1. The van der Waals surface area contributed by atoms with Crippen molar-refractivity contribution in [2.75, 3.05) is 5.32 Å². The molecule has 0 spiro atoms. The summed E-state index contributed by atoms with van der Waals surface area (Å²) in [6.45, 7) is 6.87. The first-order valence-corrected chi connectivity index (χ1v) is 6.69. The molecule has 0 saturated heterocycles. The third kappa shape index (κ3) is 3.68. The van der Waals surface area contributed by atoms with E-state index in [-0.39, 0.29) is 16.6 Å². The summed E-state index contributed by atoms with van der Waals surface area (Å²) in [4.78, 5) is 11.0. The molecule has 0 aliphatic heterocycles. The lowest BCUT2D eigenvalue weighted by atomic mass is 10.0. The first kappa shape index (κ1) is 14.4. The van der Waals surface area contributed by atoms with Gasteiger partial charge in [0.2, 0.25) is 0 Å². The molecule has 6 heteroatoms. The van der Waals surface area contributed by atoms with E-state index in [1.54, 1.807) is 13.0 Å². The Morgan fingerprint density at radius 2 is 2.06 bits per heavy atom. The number of Topliss-reactive ketones (excluding diaryl/α,β-unsaturated/α-hetero) is 1. The van der Waals surface area contributed by atoms with Gasteiger partial charge < -0.3 is 5.32 Å². The second-order valence-corrected chi connectivity index (χ2v) is 5.41. The predicted molar refractivity (Wildman–Crippen MR) is 68.9 cm³/mol. The third-order valence-corrected chi connectivity index (χ3v) is 3.42. The van der Waals surface area contributed by atoms with Crippen LogP contribution in [0.4, 0.5) is 5.69 Å². The molecule has 1 aromatic carbocycles. The van der Waals surface area contributed by atoms with Crippen LogP contribution in [-0.4, -0.2) is 18.8 Å². The maximum absolute atomic E-state index is 11.2. The van der Waals surface area contributed by atoms with E-state index in [1.165, 1.54) is 25.1 Å². The molecule has 0 aromatic heterocycles. The van der Waals surface area contributed by atoms with Gasteiger partial charge in [0, 0.05) is 11.4 Å². The first-order valence-electron chi connectivity index (χ1n) is 5.25. The van der Waals surface area contributed by atoms with Crippen LogP contribution in [0.2, 0.25) is 0 Å². The molecule has 2 N–H and O–H groups in total. The number of hydrogen-bond acceptors (Lipinski definition) is 4. The second kappa shape index (κ2) is 5.32. The summed E-state index contributed by atoms with van der Waals surface area (Å²) in [6.07, 6.45) is 0. The lowest BCUT2D eigenvalue weighted by Gasteiger charge is -2.14. The molecule has 0 bridgehead atoms. The number of hydrogen-bond donors (Lipinski definition) is 2. The number of rotatable bonds is 5. The minimum Gasteiger partial charge on any atom is -0.359 e. The highest BCUT2D eigenvalue weighted by Gasteiger charge is 2.13. The maximum atomic E-state index is 11.2. The van der Waals surface area contributed by atoms with Crippen LogP contribution in [0.3, 0.4) is 0 Å². The normalized spacial score (nSPS) is 12.8. The van der Waals surface area contributed by atoms with Crippen LogP contribution in [0.25, 0.3) is 0 Å². The number of carbonyl (C=O) groups excluding carboxylic acids is 1. The molecule has 1 rings (SSSR count). The van der Waals surface area contributed by atoms with Gasteiger partial charge in [0.25, 0.3) is 10.1 Å². The van der Waals surface area contributed by atoms with Gasteiger partial charge >= 0.3 is 0 Å². The molecule has 1 atom stereocenters. The number of allylic oxidation sites excluding steroid dienone is 1. The van der Waals surface area contributed by atoms with E-state index < -0.39 is 10.1 Å². The van der Waals surface area contributed by atoms with Gasteiger partial charge in [-0.25, -0.2) is 0 Å². The quantitative estimate of drug-likeness (QED) is 0.800. The van der Waals surface area contributed by atoms with E-state index in [0.717, 1.165) is 0 Å². The number of benzene rings is 1. The highest BCUT2D eigenvalue weighted by molar-refractivity contribution is 7.85. The molecule has 1 aromatic rings. The van der Waals surface area contributed by atoms with Crippen molar-refractivity contribution in [1.82, 2.24) is 0 Å². The molecule has 0 aliphatic rings. The van der Waals surface area contributed by atoms with Crippen LogP contribution in [-0.2, 0) is 14.9 Å². The largest absolute Gasteiger partial charge is 0.359 e. The van der Waals surface area contributed by atoms with Gasteiger partial charge in [-0.15, -0.1) is 0 Å². The highest BCUT2D eigenvalue weighted by atomic mass is 32.2. The third-order valence-electron chi connectivity index (χ3n) is 2.57. The van der Waals surface area contributed by atoms with E-state index >= 15 is 0 Å². The summed E-state index contributed by atoms with van der Waals surface area (Å²) >= 11 is 0. The molecular formula is C12H15NO4S. The molecule has 0 amide bonds. The standard InChI is InChI=1S/C12H15NO4S/c1-8(10(3)14)9(2)13-11-5-4-6-12(7-11)18(15,16)17/h4-8,13H,2H2,1,3H3,(H,15,16,17). The maximum Gasteiger partial charge on any atom is 0.294 e. The van der Waals surface area contributed by atoms with E-state index in [0.29, 0.717) is 11.4 Å². The second-order valence-electron chi connectivity index (χ2n) is 3.99. The van der Waals surface area contributed by atoms with Gasteiger partial charge in [0.15, 0.2) is 0 Å². The molecule has 0 fully saturated rings. The predicted octanol–water partition coefficient (Wildman–Crippen LogP) is 2.08. The molecule has 18 heavy (non-hydrogen) atoms. The Balaban J connectivity index is 2.93. The summed E-state index contributed by atoms with van der Waals surface area (Å²) in [5.41, 5.74) is 0.915. The average molecular weight is 269 g/mol. The Hall–Kier alpha value is -1.66. The van der Waals surface area contributed by atoms with Crippen molar-refractivity contribution in [3.8, 4) is 0 Å². The molecule has 1 unspecified atom stereocenters. The van der Waals surface area contributed by atoms with E-state index in [1.807, 2.05) is 0 Å². The lowest BCUT2D eigenvalue weighted by molar-refractivity contribution is -0.119. The fraction of sp³-hybridized carbons (Fsp3) is 0.250. The van der Waals surface area contributed by atoms with Crippen LogP contribution in [0.1, 0.15) is 13.8 Å². The number of anilines is 1. The Labute approximate surface area is 106 Å². The Morgan fingerprint density at radius 3 is 2.56 bits per heavy atom. The van der Waals surface area contributed by atoms with Gasteiger partial charge in [-0.1, -0.05) is 12.6 Å². The van der Waals surface area contributed by atoms with Gasteiger partial charge in [0.1, 0.15) is 5.78 Å². The number of nitrogens with one attached hydrogen (secondary N) is 1. The van der Waals surface area contributed by atoms with E-state index in [4.69, 9.17) is 4.55 Å². The van der Waals surface area contributed by atoms with Crippen molar-refractivity contribution in [3.63, 3.8) is 0 Å². The van der Waals surface area contributed by atoms with Crippen molar-refractivity contribution in [3.05, 3.63) is 36.5 Å². The first-order chi connectivity index (χ1) is 8.21. The van der Waals surface area contributed by atoms with E-state index in [9.17, 15) is 13.2 Å². The van der Waals surface area contributed by atoms with Gasteiger partial charge in [-0.3, -0.25) is 9.35 Å². The average Bonchev–Trinajstić information content (AvgIpc) is 2.27. The Bertz CT molecular complexity index is 577. The summed E-state index contributed by atoms with van der Waals surface area (Å²) in [5.74, 6) is -0.419. The molecule has 0 heterocycles. The summed E-state index contributed by atoms with van der Waals surface area (Å²) in [6, 6.07) is 5.65. The topological polar surface area (TPSA) is 83.5 Å². The minimum absolute atomic E-state index is 0.0431. The summed E-state index contributed by atoms with van der Waals surface area (Å²) in [7, 11) is -4.23. The van der Waals surface area contributed by atoms with Gasteiger partial charge in [0.05, 0.1) is 10.8 Å². The fourth-order valence-electron chi connectivity index (χ4n) is 1.27. The zero-order valence-electron chi connectivity index (χ0n) is 10.2. The van der Waals surface area contributed by atoms with Gasteiger partial charge in [-0.2, -0.15) is 8.42 Å². The van der Waals surface area contributed by atoms with Crippen LogP contribution < -0.4 is 5.32 Å².